The summed E-state index contributed by atoms with van der Waals surface area (Å²) in [6, 6.07) is 30.4. The standard InChI is InChI=1S/C34H26FN3O3/c1-21(23-11-13-25(14-12-23)34(40)41)37-33(39)31-18-28(27-7-4-8-30(35)17-27)16-29-19-36-38(32(29)31)20-22-9-10-24-5-2-3-6-26(24)15-22/h2-19,21H,20H2,1H3,(H,37,39)(H,40,41)/t21-/m0/s1. The first-order chi connectivity index (χ1) is 19.9. The highest BCUT2D eigenvalue weighted by Crippen LogP contribution is 2.30. The Balaban J connectivity index is 1.40. The van der Waals surface area contributed by atoms with Gasteiger partial charge in [-0.2, -0.15) is 5.10 Å². The molecule has 1 atom stereocenters. The summed E-state index contributed by atoms with van der Waals surface area (Å²) in [5.74, 6) is -1.69. The van der Waals surface area contributed by atoms with Crippen molar-refractivity contribution in [3.63, 3.8) is 0 Å². The first kappa shape index (κ1) is 26.0. The van der Waals surface area contributed by atoms with E-state index in [4.69, 9.17) is 0 Å². The molecule has 0 bridgehead atoms. The van der Waals surface area contributed by atoms with Crippen LogP contribution >= 0.6 is 0 Å². The zero-order chi connectivity index (χ0) is 28.5. The van der Waals surface area contributed by atoms with Crippen molar-refractivity contribution < 1.29 is 19.1 Å². The molecule has 6 rings (SSSR count). The molecule has 0 aliphatic heterocycles. The van der Waals surface area contributed by atoms with E-state index in [1.54, 1.807) is 36.5 Å². The number of amides is 1. The van der Waals surface area contributed by atoms with Crippen molar-refractivity contribution in [2.75, 3.05) is 0 Å². The fourth-order valence-corrected chi connectivity index (χ4v) is 5.14. The quantitative estimate of drug-likeness (QED) is 0.222. The highest BCUT2D eigenvalue weighted by Gasteiger charge is 2.20. The summed E-state index contributed by atoms with van der Waals surface area (Å²) in [6.45, 7) is 2.30. The molecule has 6 aromatic rings. The van der Waals surface area contributed by atoms with Crippen LogP contribution in [0.15, 0.2) is 109 Å². The number of benzene rings is 5. The Labute approximate surface area is 235 Å². The van der Waals surface area contributed by atoms with Gasteiger partial charge in [-0.15, -0.1) is 0 Å². The Morgan fingerprint density at radius 3 is 2.39 bits per heavy atom. The molecule has 1 heterocycles. The predicted molar refractivity (Wildman–Crippen MR) is 157 cm³/mol. The Morgan fingerprint density at radius 2 is 1.63 bits per heavy atom. The monoisotopic (exact) mass is 543 g/mol. The molecular weight excluding hydrogens is 517 g/mol. The molecule has 0 aliphatic carbocycles. The number of carbonyl (C=O) groups is 2. The van der Waals surface area contributed by atoms with Gasteiger partial charge in [0.05, 0.1) is 35.4 Å². The van der Waals surface area contributed by atoms with Gasteiger partial charge >= 0.3 is 5.97 Å². The lowest BCUT2D eigenvalue weighted by Gasteiger charge is -2.17. The molecule has 0 aliphatic rings. The third-order valence-electron chi connectivity index (χ3n) is 7.29. The molecule has 1 aromatic heterocycles. The van der Waals surface area contributed by atoms with Gasteiger partial charge in [-0.25, -0.2) is 9.18 Å². The van der Waals surface area contributed by atoms with Crippen LogP contribution in [-0.4, -0.2) is 26.8 Å². The number of carboxylic acid groups (broad SMARTS) is 1. The highest BCUT2D eigenvalue weighted by atomic mass is 19.1. The van der Waals surface area contributed by atoms with Gasteiger partial charge in [-0.05, 0) is 82.4 Å². The van der Waals surface area contributed by atoms with Crippen molar-refractivity contribution >= 4 is 33.6 Å². The number of hydrogen-bond donors (Lipinski definition) is 2. The number of nitrogens with zero attached hydrogens (tertiary/aromatic N) is 2. The van der Waals surface area contributed by atoms with Crippen molar-refractivity contribution in [3.05, 3.63) is 137 Å². The topological polar surface area (TPSA) is 84.2 Å². The van der Waals surface area contributed by atoms with E-state index in [1.165, 1.54) is 24.3 Å². The average Bonchev–Trinajstić information content (AvgIpc) is 3.39. The molecule has 41 heavy (non-hydrogen) atoms. The van der Waals surface area contributed by atoms with Crippen LogP contribution < -0.4 is 5.32 Å². The van der Waals surface area contributed by atoms with E-state index in [9.17, 15) is 19.1 Å². The normalized spacial score (nSPS) is 12.0. The molecular formula is C34H26FN3O3. The number of carbonyl (C=O) groups excluding carboxylic acids is 1. The lowest BCUT2D eigenvalue weighted by Crippen LogP contribution is -2.27. The van der Waals surface area contributed by atoms with Gasteiger partial charge in [-0.3, -0.25) is 9.48 Å². The van der Waals surface area contributed by atoms with Crippen LogP contribution in [0.2, 0.25) is 0 Å². The van der Waals surface area contributed by atoms with Crippen LogP contribution in [0.5, 0.6) is 0 Å². The molecule has 1 amide bonds. The number of halogens is 1. The van der Waals surface area contributed by atoms with Gasteiger partial charge in [0, 0.05) is 5.39 Å². The van der Waals surface area contributed by atoms with Crippen molar-refractivity contribution in [1.82, 2.24) is 15.1 Å². The minimum atomic E-state index is -1.01. The van der Waals surface area contributed by atoms with E-state index in [1.807, 2.05) is 29.8 Å². The highest BCUT2D eigenvalue weighted by molar-refractivity contribution is 6.07. The van der Waals surface area contributed by atoms with Gasteiger partial charge in [0.25, 0.3) is 5.91 Å². The van der Waals surface area contributed by atoms with Crippen LogP contribution in [0.3, 0.4) is 0 Å². The van der Waals surface area contributed by atoms with E-state index < -0.39 is 12.0 Å². The fourth-order valence-electron chi connectivity index (χ4n) is 5.14. The van der Waals surface area contributed by atoms with Crippen LogP contribution in [0.4, 0.5) is 4.39 Å². The molecule has 2 N–H and O–H groups in total. The van der Waals surface area contributed by atoms with Crippen LogP contribution in [0, 0.1) is 5.82 Å². The van der Waals surface area contributed by atoms with Gasteiger partial charge in [0.1, 0.15) is 5.82 Å². The molecule has 6 nitrogen and oxygen atoms in total. The Hall–Kier alpha value is -5.30. The summed E-state index contributed by atoms with van der Waals surface area (Å²) in [5, 5.41) is 19.9. The van der Waals surface area contributed by atoms with E-state index in [2.05, 4.69) is 40.7 Å². The Kier molecular flexibility index (Phi) is 6.77. The molecule has 5 aromatic carbocycles. The summed E-state index contributed by atoms with van der Waals surface area (Å²) >= 11 is 0. The second-order valence-electron chi connectivity index (χ2n) is 10.1. The lowest BCUT2D eigenvalue weighted by molar-refractivity contribution is 0.0696. The van der Waals surface area contributed by atoms with Crippen LogP contribution in [0.1, 0.15) is 44.8 Å². The molecule has 0 fully saturated rings. The smallest absolute Gasteiger partial charge is 0.335 e. The van der Waals surface area contributed by atoms with Crippen molar-refractivity contribution in [2.45, 2.75) is 19.5 Å². The number of hydrogen-bond acceptors (Lipinski definition) is 3. The maximum absolute atomic E-state index is 14.1. The van der Waals surface area contributed by atoms with Crippen LogP contribution in [-0.2, 0) is 6.54 Å². The minimum absolute atomic E-state index is 0.175. The van der Waals surface area contributed by atoms with E-state index >= 15 is 0 Å². The van der Waals surface area contributed by atoms with Gasteiger partial charge < -0.3 is 10.4 Å². The van der Waals surface area contributed by atoms with Crippen molar-refractivity contribution in [3.8, 4) is 11.1 Å². The summed E-state index contributed by atoms with van der Waals surface area (Å²) in [6.07, 6.45) is 1.73. The zero-order valence-electron chi connectivity index (χ0n) is 22.2. The lowest BCUT2D eigenvalue weighted by atomic mass is 9.99. The maximum Gasteiger partial charge on any atom is 0.335 e. The summed E-state index contributed by atoms with van der Waals surface area (Å²) in [4.78, 5) is 25.1. The molecule has 7 heteroatoms. The van der Waals surface area contributed by atoms with Gasteiger partial charge in [-0.1, -0.05) is 60.7 Å². The molecule has 0 unspecified atom stereocenters. The van der Waals surface area contributed by atoms with E-state index in [-0.39, 0.29) is 17.3 Å². The molecule has 0 spiro atoms. The second-order valence-corrected chi connectivity index (χ2v) is 10.1. The first-order valence-electron chi connectivity index (χ1n) is 13.2. The van der Waals surface area contributed by atoms with Crippen molar-refractivity contribution in [1.29, 1.82) is 0 Å². The number of aromatic nitrogens is 2. The number of aromatic carboxylic acids is 1. The first-order valence-corrected chi connectivity index (χ1v) is 13.2. The van der Waals surface area contributed by atoms with Gasteiger partial charge in [0.2, 0.25) is 0 Å². The second kappa shape index (κ2) is 10.7. The molecule has 0 radical (unpaired) electrons. The predicted octanol–water partition coefficient (Wildman–Crippen LogP) is 7.23. The molecule has 0 saturated carbocycles. The Bertz CT molecular complexity index is 1930. The zero-order valence-corrected chi connectivity index (χ0v) is 22.2. The summed E-state index contributed by atoms with van der Waals surface area (Å²) < 4.78 is 15.9. The van der Waals surface area contributed by atoms with Crippen LogP contribution in [0.25, 0.3) is 32.8 Å². The summed E-state index contributed by atoms with van der Waals surface area (Å²) in [7, 11) is 0. The summed E-state index contributed by atoms with van der Waals surface area (Å²) in [5.41, 5.74) is 4.42. The average molecular weight is 544 g/mol. The molecule has 202 valence electrons. The number of carboxylic acids is 1. The third-order valence-corrected chi connectivity index (χ3v) is 7.29. The SMILES string of the molecule is C[C@H](NC(=O)c1cc(-c2cccc(F)c2)cc2cnn(Cc3ccc4ccccc4c3)c12)c1ccc(C(=O)O)cc1. The number of rotatable bonds is 7. The maximum atomic E-state index is 14.1. The molecule has 0 saturated heterocycles. The van der Waals surface area contributed by atoms with E-state index in [0.717, 1.165) is 27.3 Å². The number of nitrogens with one attached hydrogen (secondary N) is 1. The van der Waals surface area contributed by atoms with Gasteiger partial charge in [0.15, 0.2) is 0 Å². The number of fused-ring (bicyclic) bond motifs is 2. The largest absolute Gasteiger partial charge is 0.478 e. The third kappa shape index (κ3) is 5.30. The Morgan fingerprint density at radius 1 is 0.854 bits per heavy atom. The minimum Gasteiger partial charge on any atom is -0.478 e. The van der Waals surface area contributed by atoms with Crippen molar-refractivity contribution in [2.24, 2.45) is 0 Å². The fraction of sp³-hybridized carbons (Fsp3) is 0.0882. The van der Waals surface area contributed by atoms with E-state index in [0.29, 0.717) is 28.8 Å².